The van der Waals surface area contributed by atoms with Gasteiger partial charge in [-0.25, -0.2) is 14.4 Å². The number of nitrogens with one attached hydrogen (secondary N) is 1. The predicted octanol–water partition coefficient (Wildman–Crippen LogP) is 2.70. The normalized spacial score (nSPS) is 12.3. The van der Waals surface area contributed by atoms with Crippen LogP contribution in [0, 0.1) is 5.82 Å². The minimum atomic E-state index is -0.234. The van der Waals surface area contributed by atoms with Crippen LogP contribution >= 0.6 is 0 Å². The summed E-state index contributed by atoms with van der Waals surface area (Å²) in [5.41, 5.74) is 0.969. The third-order valence-electron chi connectivity index (χ3n) is 2.65. The Labute approximate surface area is 106 Å². The van der Waals surface area contributed by atoms with Crippen molar-refractivity contribution in [2.45, 2.75) is 19.4 Å². The van der Waals surface area contributed by atoms with E-state index in [2.05, 4.69) is 22.2 Å². The summed E-state index contributed by atoms with van der Waals surface area (Å²) >= 11 is 0. The Bertz CT molecular complexity index is 470. The van der Waals surface area contributed by atoms with E-state index in [0.29, 0.717) is 5.82 Å². The number of nitrogens with zero attached hydrogens (tertiary/aromatic N) is 2. The van der Waals surface area contributed by atoms with Gasteiger partial charge in [-0.15, -0.1) is 0 Å². The first-order valence-corrected chi connectivity index (χ1v) is 6.07. The molecular weight excluding hydrogens is 229 g/mol. The largest absolute Gasteiger partial charge is 0.304 e. The summed E-state index contributed by atoms with van der Waals surface area (Å²) in [7, 11) is 0. The van der Waals surface area contributed by atoms with Crippen LogP contribution in [0.3, 0.4) is 0 Å². The van der Waals surface area contributed by atoms with Gasteiger partial charge in [0.1, 0.15) is 11.6 Å². The lowest BCUT2D eigenvalue weighted by atomic mass is 10.1. The molecule has 0 radical (unpaired) electrons. The molecule has 2 aromatic rings. The lowest BCUT2D eigenvalue weighted by Crippen LogP contribution is -2.25. The Kier molecular flexibility index (Phi) is 4.36. The maximum atomic E-state index is 13.0. The van der Waals surface area contributed by atoms with Crippen molar-refractivity contribution < 1.29 is 4.39 Å². The summed E-state index contributed by atoms with van der Waals surface area (Å²) < 4.78 is 13.0. The zero-order chi connectivity index (χ0) is 12.8. The van der Waals surface area contributed by atoms with E-state index in [1.807, 2.05) is 0 Å². The zero-order valence-corrected chi connectivity index (χ0v) is 10.3. The monoisotopic (exact) mass is 245 g/mol. The third-order valence-corrected chi connectivity index (χ3v) is 2.65. The van der Waals surface area contributed by atoms with Gasteiger partial charge in [-0.2, -0.15) is 0 Å². The van der Waals surface area contributed by atoms with E-state index in [1.54, 1.807) is 30.6 Å². The van der Waals surface area contributed by atoms with Crippen molar-refractivity contribution in [3.05, 3.63) is 59.9 Å². The quantitative estimate of drug-likeness (QED) is 0.880. The SMILES string of the molecule is CCCNC(c1ccc(F)cc1)c1ncccn1. The molecule has 0 aliphatic carbocycles. The molecule has 0 aliphatic heterocycles. The van der Waals surface area contributed by atoms with Crippen molar-refractivity contribution >= 4 is 0 Å². The molecule has 18 heavy (non-hydrogen) atoms. The van der Waals surface area contributed by atoms with Crippen molar-refractivity contribution in [1.82, 2.24) is 15.3 Å². The molecule has 1 aromatic carbocycles. The van der Waals surface area contributed by atoms with Gasteiger partial charge >= 0.3 is 0 Å². The van der Waals surface area contributed by atoms with E-state index < -0.39 is 0 Å². The standard InChI is InChI=1S/C14H16FN3/c1-2-8-16-13(14-17-9-3-10-18-14)11-4-6-12(15)7-5-11/h3-7,9-10,13,16H,2,8H2,1H3. The number of benzene rings is 1. The molecule has 1 unspecified atom stereocenters. The number of hydrogen-bond acceptors (Lipinski definition) is 3. The van der Waals surface area contributed by atoms with Crippen molar-refractivity contribution in [2.75, 3.05) is 6.54 Å². The fraction of sp³-hybridized carbons (Fsp3) is 0.286. The summed E-state index contributed by atoms with van der Waals surface area (Å²) in [6, 6.07) is 8.13. The number of halogens is 1. The van der Waals surface area contributed by atoms with E-state index in [-0.39, 0.29) is 11.9 Å². The van der Waals surface area contributed by atoms with Crippen molar-refractivity contribution in [3.63, 3.8) is 0 Å². The van der Waals surface area contributed by atoms with E-state index >= 15 is 0 Å². The molecule has 1 N–H and O–H groups in total. The highest BCUT2D eigenvalue weighted by Crippen LogP contribution is 2.18. The predicted molar refractivity (Wildman–Crippen MR) is 68.6 cm³/mol. The zero-order valence-electron chi connectivity index (χ0n) is 10.3. The average molecular weight is 245 g/mol. The second-order valence-corrected chi connectivity index (χ2v) is 4.05. The van der Waals surface area contributed by atoms with Gasteiger partial charge in [0.15, 0.2) is 0 Å². The van der Waals surface area contributed by atoms with E-state index in [4.69, 9.17) is 0 Å². The Morgan fingerprint density at radius 1 is 1.17 bits per heavy atom. The molecule has 0 amide bonds. The van der Waals surface area contributed by atoms with Crippen LogP contribution in [-0.4, -0.2) is 16.5 Å². The molecule has 2 rings (SSSR count). The Morgan fingerprint density at radius 3 is 2.44 bits per heavy atom. The molecule has 0 bridgehead atoms. The Morgan fingerprint density at radius 2 is 1.83 bits per heavy atom. The molecular formula is C14H16FN3. The fourth-order valence-electron chi connectivity index (χ4n) is 1.76. The summed E-state index contributed by atoms with van der Waals surface area (Å²) in [6.45, 7) is 2.96. The smallest absolute Gasteiger partial charge is 0.149 e. The minimum Gasteiger partial charge on any atom is -0.304 e. The van der Waals surface area contributed by atoms with Gasteiger partial charge < -0.3 is 5.32 Å². The molecule has 0 saturated carbocycles. The fourth-order valence-corrected chi connectivity index (χ4v) is 1.76. The maximum absolute atomic E-state index is 13.0. The van der Waals surface area contributed by atoms with E-state index in [0.717, 1.165) is 18.5 Å². The highest BCUT2D eigenvalue weighted by atomic mass is 19.1. The van der Waals surface area contributed by atoms with E-state index in [1.165, 1.54) is 12.1 Å². The average Bonchev–Trinajstić information content (AvgIpc) is 2.42. The van der Waals surface area contributed by atoms with Crippen LogP contribution in [-0.2, 0) is 0 Å². The van der Waals surface area contributed by atoms with Crippen LogP contribution in [0.1, 0.15) is 30.8 Å². The van der Waals surface area contributed by atoms with Crippen LogP contribution in [0.5, 0.6) is 0 Å². The second kappa shape index (κ2) is 6.21. The maximum Gasteiger partial charge on any atom is 0.149 e. The molecule has 1 atom stereocenters. The summed E-state index contributed by atoms with van der Waals surface area (Å²) in [6.07, 6.45) is 4.45. The van der Waals surface area contributed by atoms with Crippen LogP contribution in [0.15, 0.2) is 42.7 Å². The van der Waals surface area contributed by atoms with Crippen molar-refractivity contribution in [1.29, 1.82) is 0 Å². The van der Waals surface area contributed by atoms with Crippen molar-refractivity contribution in [2.24, 2.45) is 0 Å². The van der Waals surface area contributed by atoms with Gasteiger partial charge in [-0.05, 0) is 36.7 Å². The molecule has 4 heteroatoms. The number of rotatable bonds is 5. The molecule has 0 saturated heterocycles. The minimum absolute atomic E-state index is 0.0910. The molecule has 0 spiro atoms. The Hall–Kier alpha value is -1.81. The molecule has 0 fully saturated rings. The van der Waals surface area contributed by atoms with Crippen LogP contribution in [0.25, 0.3) is 0 Å². The molecule has 0 aliphatic rings. The first-order valence-electron chi connectivity index (χ1n) is 6.07. The molecule has 94 valence electrons. The van der Waals surface area contributed by atoms with Gasteiger partial charge in [0.05, 0.1) is 6.04 Å². The van der Waals surface area contributed by atoms with Crippen LogP contribution in [0.4, 0.5) is 4.39 Å². The topological polar surface area (TPSA) is 37.8 Å². The third kappa shape index (κ3) is 3.11. The van der Waals surface area contributed by atoms with E-state index in [9.17, 15) is 4.39 Å². The lowest BCUT2D eigenvalue weighted by molar-refractivity contribution is 0.568. The Balaban J connectivity index is 2.27. The number of hydrogen-bond donors (Lipinski definition) is 1. The molecule has 1 heterocycles. The van der Waals surface area contributed by atoms with Gasteiger partial charge in [0.2, 0.25) is 0 Å². The highest BCUT2D eigenvalue weighted by Gasteiger charge is 2.15. The first-order chi connectivity index (χ1) is 8.81. The highest BCUT2D eigenvalue weighted by molar-refractivity contribution is 5.25. The summed E-state index contributed by atoms with van der Waals surface area (Å²) in [5.74, 6) is 0.472. The van der Waals surface area contributed by atoms with Gasteiger partial charge in [-0.3, -0.25) is 0 Å². The lowest BCUT2D eigenvalue weighted by Gasteiger charge is -2.17. The number of aromatic nitrogens is 2. The second-order valence-electron chi connectivity index (χ2n) is 4.05. The van der Waals surface area contributed by atoms with Crippen LogP contribution in [0.2, 0.25) is 0 Å². The van der Waals surface area contributed by atoms with Gasteiger partial charge in [-0.1, -0.05) is 19.1 Å². The summed E-state index contributed by atoms with van der Waals surface area (Å²) in [5, 5.41) is 3.37. The first kappa shape index (κ1) is 12.6. The molecule has 1 aromatic heterocycles. The molecule has 3 nitrogen and oxygen atoms in total. The summed E-state index contributed by atoms with van der Waals surface area (Å²) in [4.78, 5) is 8.53. The van der Waals surface area contributed by atoms with Gasteiger partial charge in [0.25, 0.3) is 0 Å². The van der Waals surface area contributed by atoms with Crippen molar-refractivity contribution in [3.8, 4) is 0 Å². The van der Waals surface area contributed by atoms with Gasteiger partial charge in [0, 0.05) is 12.4 Å². The van der Waals surface area contributed by atoms with Crippen LogP contribution < -0.4 is 5.32 Å².